The number of rotatable bonds is 11. The minimum Gasteiger partial charge on any atom is -0.494 e. The number of anilines is 1. The van der Waals surface area contributed by atoms with Gasteiger partial charge in [-0.1, -0.05) is 0 Å². The van der Waals surface area contributed by atoms with Gasteiger partial charge in [0.2, 0.25) is 10.0 Å². The van der Waals surface area contributed by atoms with Crippen molar-refractivity contribution >= 4 is 33.7 Å². The molecule has 0 fully saturated rings. The molecule has 10 nitrogen and oxygen atoms in total. The Morgan fingerprint density at radius 3 is 2.19 bits per heavy atom. The molecule has 0 atom stereocenters. The van der Waals surface area contributed by atoms with Crippen molar-refractivity contribution in [3.05, 3.63) is 54.1 Å². The molecule has 31 heavy (non-hydrogen) atoms. The van der Waals surface area contributed by atoms with E-state index in [0.717, 1.165) is 10.6 Å². The predicted octanol–water partition coefficient (Wildman–Crippen LogP) is 0.866. The van der Waals surface area contributed by atoms with Crippen LogP contribution >= 0.6 is 0 Å². The minimum atomic E-state index is -3.70. The van der Waals surface area contributed by atoms with Crippen LogP contribution < -0.4 is 24.9 Å². The summed E-state index contributed by atoms with van der Waals surface area (Å²) in [6.45, 7) is 1.66. The largest absolute Gasteiger partial charge is 0.494 e. The summed E-state index contributed by atoms with van der Waals surface area (Å²) in [5.41, 5.74) is 8.29. The van der Waals surface area contributed by atoms with Crippen molar-refractivity contribution in [2.45, 2.75) is 6.92 Å². The highest BCUT2D eigenvalue weighted by molar-refractivity contribution is 7.92. The van der Waals surface area contributed by atoms with E-state index in [4.69, 9.17) is 15.2 Å². The van der Waals surface area contributed by atoms with E-state index >= 15 is 0 Å². The molecule has 11 heteroatoms. The first-order valence-corrected chi connectivity index (χ1v) is 11.1. The van der Waals surface area contributed by atoms with Gasteiger partial charge in [-0.05, 0) is 61.0 Å². The Kier molecular flexibility index (Phi) is 8.38. The molecule has 0 aliphatic heterocycles. The van der Waals surface area contributed by atoms with Crippen LogP contribution in [-0.2, 0) is 19.6 Å². The van der Waals surface area contributed by atoms with Crippen molar-refractivity contribution in [2.75, 3.05) is 30.3 Å². The zero-order chi connectivity index (χ0) is 22.9. The van der Waals surface area contributed by atoms with Gasteiger partial charge in [-0.15, -0.1) is 0 Å². The fourth-order valence-electron chi connectivity index (χ4n) is 2.42. The van der Waals surface area contributed by atoms with E-state index in [9.17, 15) is 18.0 Å². The summed E-state index contributed by atoms with van der Waals surface area (Å²) < 4.78 is 35.7. The van der Waals surface area contributed by atoms with E-state index in [1.165, 1.54) is 6.21 Å². The molecule has 2 aromatic rings. The number of hydrogen-bond acceptors (Lipinski definition) is 7. The highest BCUT2D eigenvalue weighted by Crippen LogP contribution is 2.21. The van der Waals surface area contributed by atoms with Crippen LogP contribution in [-0.4, -0.2) is 52.5 Å². The first-order valence-electron chi connectivity index (χ1n) is 9.22. The van der Waals surface area contributed by atoms with Crippen LogP contribution in [0.2, 0.25) is 0 Å². The lowest BCUT2D eigenvalue weighted by Gasteiger charge is -2.21. The average Bonchev–Trinajstić information content (AvgIpc) is 2.71. The van der Waals surface area contributed by atoms with Crippen LogP contribution in [0.5, 0.6) is 11.5 Å². The number of nitrogens with zero attached hydrogens (tertiary/aromatic N) is 2. The Morgan fingerprint density at radius 2 is 1.65 bits per heavy atom. The maximum atomic E-state index is 12.2. The molecule has 0 saturated heterocycles. The smallest absolute Gasteiger partial charge is 0.260 e. The molecule has 2 aromatic carbocycles. The van der Waals surface area contributed by atoms with E-state index in [0.29, 0.717) is 29.4 Å². The highest BCUT2D eigenvalue weighted by atomic mass is 32.2. The summed E-state index contributed by atoms with van der Waals surface area (Å²) in [5.74, 6) is -0.141. The van der Waals surface area contributed by atoms with E-state index in [1.807, 2.05) is 6.92 Å². The SMILES string of the molecule is CCOc1ccc(N(CC(=O)NN=Cc2ccc(OCC(N)=O)cc2)S(C)(=O)=O)cc1. The Bertz CT molecular complexity index is 1020. The van der Waals surface area contributed by atoms with Crippen molar-refractivity contribution in [2.24, 2.45) is 10.8 Å². The third-order valence-corrected chi connectivity index (χ3v) is 4.93. The van der Waals surface area contributed by atoms with E-state index in [2.05, 4.69) is 10.5 Å². The van der Waals surface area contributed by atoms with E-state index in [1.54, 1.807) is 48.5 Å². The molecule has 0 aliphatic carbocycles. The maximum absolute atomic E-state index is 12.2. The molecular weight excluding hydrogens is 424 g/mol. The molecule has 0 saturated carbocycles. The predicted molar refractivity (Wildman–Crippen MR) is 117 cm³/mol. The van der Waals surface area contributed by atoms with Crippen molar-refractivity contribution in [3.8, 4) is 11.5 Å². The number of nitrogens with two attached hydrogens (primary N) is 1. The second-order valence-electron chi connectivity index (χ2n) is 6.31. The summed E-state index contributed by atoms with van der Waals surface area (Å²) in [6.07, 6.45) is 2.40. The lowest BCUT2D eigenvalue weighted by atomic mass is 10.2. The van der Waals surface area contributed by atoms with Crippen LogP contribution in [0.15, 0.2) is 53.6 Å². The van der Waals surface area contributed by atoms with Crippen LogP contribution in [0.4, 0.5) is 5.69 Å². The second kappa shape index (κ2) is 11.0. The number of amides is 2. The number of hydrogen-bond donors (Lipinski definition) is 2. The van der Waals surface area contributed by atoms with Gasteiger partial charge in [0.1, 0.15) is 18.0 Å². The van der Waals surface area contributed by atoms with E-state index < -0.39 is 28.4 Å². The monoisotopic (exact) mass is 448 g/mol. The molecule has 0 aromatic heterocycles. The van der Waals surface area contributed by atoms with Crippen molar-refractivity contribution in [1.82, 2.24) is 5.43 Å². The zero-order valence-electron chi connectivity index (χ0n) is 17.1. The van der Waals surface area contributed by atoms with Crippen LogP contribution in [0, 0.1) is 0 Å². The number of nitrogens with one attached hydrogen (secondary N) is 1. The average molecular weight is 449 g/mol. The third-order valence-electron chi connectivity index (χ3n) is 3.79. The maximum Gasteiger partial charge on any atom is 0.260 e. The van der Waals surface area contributed by atoms with E-state index in [-0.39, 0.29) is 6.61 Å². The Balaban J connectivity index is 1.97. The Labute approximate surface area is 180 Å². The molecule has 0 heterocycles. The van der Waals surface area contributed by atoms with Gasteiger partial charge in [-0.2, -0.15) is 5.10 Å². The molecule has 2 amide bonds. The second-order valence-corrected chi connectivity index (χ2v) is 8.22. The summed E-state index contributed by atoms with van der Waals surface area (Å²) in [6, 6.07) is 12.9. The molecule has 0 aliphatic rings. The summed E-state index contributed by atoms with van der Waals surface area (Å²) in [7, 11) is -3.70. The summed E-state index contributed by atoms with van der Waals surface area (Å²) >= 11 is 0. The first-order chi connectivity index (χ1) is 14.7. The van der Waals surface area contributed by atoms with Gasteiger partial charge >= 0.3 is 0 Å². The van der Waals surface area contributed by atoms with Crippen molar-refractivity contribution in [3.63, 3.8) is 0 Å². The number of carbonyl (C=O) groups is 2. The molecule has 0 bridgehead atoms. The number of sulfonamides is 1. The standard InChI is InChI=1S/C20H24N4O6S/c1-3-29-17-10-6-16(7-11-17)24(31(2,27)28)13-20(26)23-22-12-15-4-8-18(9-5-15)30-14-19(21)25/h4-12H,3,13-14H2,1-2H3,(H2,21,25)(H,23,26). The molecule has 0 spiro atoms. The van der Waals surface area contributed by atoms with Crippen molar-refractivity contribution in [1.29, 1.82) is 0 Å². The molecule has 0 unspecified atom stereocenters. The number of benzene rings is 2. The van der Waals surface area contributed by atoms with Gasteiger partial charge < -0.3 is 15.2 Å². The normalized spacial score (nSPS) is 11.2. The van der Waals surface area contributed by atoms with Gasteiger partial charge in [-0.25, -0.2) is 13.8 Å². The number of hydrazone groups is 1. The summed E-state index contributed by atoms with van der Waals surface area (Å²) in [5, 5.41) is 3.83. The number of ether oxygens (including phenoxy) is 2. The van der Waals surface area contributed by atoms with Crippen LogP contribution in [0.1, 0.15) is 12.5 Å². The Morgan fingerprint density at radius 1 is 1.06 bits per heavy atom. The van der Waals surface area contributed by atoms with Crippen LogP contribution in [0.3, 0.4) is 0 Å². The van der Waals surface area contributed by atoms with Crippen molar-refractivity contribution < 1.29 is 27.5 Å². The topological polar surface area (TPSA) is 140 Å². The lowest BCUT2D eigenvalue weighted by Crippen LogP contribution is -2.39. The first kappa shape index (κ1) is 23.7. The van der Waals surface area contributed by atoms with Crippen LogP contribution in [0.25, 0.3) is 0 Å². The highest BCUT2D eigenvalue weighted by Gasteiger charge is 2.20. The van der Waals surface area contributed by atoms with Gasteiger partial charge in [0.05, 0.1) is 24.8 Å². The third kappa shape index (κ3) is 7.97. The fraction of sp³-hybridized carbons (Fsp3) is 0.250. The fourth-order valence-corrected chi connectivity index (χ4v) is 3.28. The minimum absolute atomic E-state index is 0.227. The molecule has 3 N–H and O–H groups in total. The summed E-state index contributed by atoms with van der Waals surface area (Å²) in [4.78, 5) is 22.9. The molecule has 2 rings (SSSR count). The lowest BCUT2D eigenvalue weighted by molar-refractivity contribution is -0.120. The molecular formula is C20H24N4O6S. The molecule has 166 valence electrons. The number of carbonyl (C=O) groups excluding carboxylic acids is 2. The number of primary amides is 1. The Hall–Kier alpha value is -3.60. The molecule has 0 radical (unpaired) electrons. The van der Waals surface area contributed by atoms with Gasteiger partial charge in [0.25, 0.3) is 11.8 Å². The van der Waals surface area contributed by atoms with Gasteiger partial charge in [0, 0.05) is 0 Å². The van der Waals surface area contributed by atoms with Gasteiger partial charge in [-0.3, -0.25) is 13.9 Å². The van der Waals surface area contributed by atoms with Gasteiger partial charge in [0.15, 0.2) is 6.61 Å². The quantitative estimate of drug-likeness (QED) is 0.386. The zero-order valence-corrected chi connectivity index (χ0v) is 18.0.